The molecule has 0 aromatic heterocycles. The Morgan fingerprint density at radius 2 is 1.60 bits per heavy atom. The van der Waals surface area contributed by atoms with Crippen molar-refractivity contribution in [1.29, 1.82) is 0 Å². The molecule has 0 fully saturated rings. The summed E-state index contributed by atoms with van der Waals surface area (Å²) >= 11 is 0. The van der Waals surface area contributed by atoms with E-state index in [9.17, 15) is 0 Å². The molecule has 114 valence electrons. The summed E-state index contributed by atoms with van der Waals surface area (Å²) in [5.41, 5.74) is 1.42. The van der Waals surface area contributed by atoms with Crippen LogP contribution in [0, 0.1) is 0 Å². The van der Waals surface area contributed by atoms with E-state index in [1.165, 1.54) is 5.56 Å². The van der Waals surface area contributed by atoms with Crippen molar-refractivity contribution in [3.8, 4) is 5.75 Å². The van der Waals surface area contributed by atoms with Crippen LogP contribution in [0.4, 0.5) is 0 Å². The fourth-order valence-corrected chi connectivity index (χ4v) is 2.10. The minimum Gasteiger partial charge on any atom is -0.487 e. The van der Waals surface area contributed by atoms with Gasteiger partial charge in [0.05, 0.1) is 0 Å². The molecular formula is C18H31NO. The quantitative estimate of drug-likeness (QED) is 0.705. The molecule has 0 spiro atoms. The molecule has 0 radical (unpaired) electrons. The van der Waals surface area contributed by atoms with Gasteiger partial charge in [-0.25, -0.2) is 0 Å². The summed E-state index contributed by atoms with van der Waals surface area (Å²) in [7, 11) is 0. The van der Waals surface area contributed by atoms with Gasteiger partial charge in [0.2, 0.25) is 0 Å². The van der Waals surface area contributed by atoms with Crippen molar-refractivity contribution in [2.24, 2.45) is 0 Å². The minimum atomic E-state index is -0.184. The smallest absolute Gasteiger partial charge is 0.120 e. The predicted octanol–water partition coefficient (Wildman–Crippen LogP) is 4.53. The van der Waals surface area contributed by atoms with E-state index in [-0.39, 0.29) is 11.0 Å². The van der Waals surface area contributed by atoms with Crippen molar-refractivity contribution in [1.82, 2.24) is 5.32 Å². The molecule has 0 unspecified atom stereocenters. The second kappa shape index (κ2) is 7.12. The van der Waals surface area contributed by atoms with E-state index < -0.39 is 0 Å². The maximum absolute atomic E-state index is 6.09. The van der Waals surface area contributed by atoms with Crippen LogP contribution < -0.4 is 10.1 Å². The van der Waals surface area contributed by atoms with Crippen molar-refractivity contribution in [3.63, 3.8) is 0 Å². The Kier molecular flexibility index (Phi) is 6.07. The molecule has 0 saturated carbocycles. The van der Waals surface area contributed by atoms with Gasteiger partial charge in [-0.05, 0) is 56.3 Å². The topological polar surface area (TPSA) is 21.3 Å². The van der Waals surface area contributed by atoms with Gasteiger partial charge in [0.15, 0.2) is 0 Å². The van der Waals surface area contributed by atoms with Gasteiger partial charge in [-0.3, -0.25) is 0 Å². The molecule has 0 aliphatic rings. The molecule has 0 atom stereocenters. The molecule has 0 heterocycles. The van der Waals surface area contributed by atoms with Crippen molar-refractivity contribution in [3.05, 3.63) is 29.8 Å². The maximum Gasteiger partial charge on any atom is 0.120 e. The Balaban J connectivity index is 2.65. The molecule has 1 aromatic rings. The summed E-state index contributed by atoms with van der Waals surface area (Å²) in [5.74, 6) is 0.948. The molecule has 20 heavy (non-hydrogen) atoms. The lowest BCUT2D eigenvalue weighted by atomic mass is 9.82. The average Bonchev–Trinajstić information content (AvgIpc) is 2.39. The number of hydrogen-bond acceptors (Lipinski definition) is 2. The summed E-state index contributed by atoms with van der Waals surface area (Å²) in [4.78, 5) is 0. The fourth-order valence-electron chi connectivity index (χ4n) is 2.10. The van der Waals surface area contributed by atoms with Crippen LogP contribution in [0.2, 0.25) is 0 Å². The van der Waals surface area contributed by atoms with Gasteiger partial charge >= 0.3 is 0 Å². The Labute approximate surface area is 124 Å². The van der Waals surface area contributed by atoms with Gasteiger partial charge in [-0.1, -0.05) is 39.8 Å². The van der Waals surface area contributed by atoms with Crippen LogP contribution in [-0.4, -0.2) is 18.7 Å². The largest absolute Gasteiger partial charge is 0.487 e. The first-order valence-corrected chi connectivity index (χ1v) is 7.81. The van der Waals surface area contributed by atoms with E-state index in [1.54, 1.807) is 0 Å². The fraction of sp³-hybridized carbons (Fsp3) is 0.667. The number of benzene rings is 1. The van der Waals surface area contributed by atoms with Crippen molar-refractivity contribution < 1.29 is 4.74 Å². The standard InChI is InChI=1S/C18H31NO/c1-7-13-19-14-18(5,6)20-16-11-9-15(10-12-16)17(3,4)8-2/h9-12,19H,7-8,13-14H2,1-6H3. The number of rotatable bonds is 8. The van der Waals surface area contributed by atoms with Crippen LogP contribution in [0.15, 0.2) is 24.3 Å². The highest BCUT2D eigenvalue weighted by Gasteiger charge is 2.21. The molecule has 2 heteroatoms. The van der Waals surface area contributed by atoms with Gasteiger partial charge in [0, 0.05) is 6.54 Å². The third-order valence-corrected chi connectivity index (χ3v) is 3.89. The summed E-state index contributed by atoms with van der Waals surface area (Å²) in [5, 5.41) is 3.42. The Bertz CT molecular complexity index is 392. The Morgan fingerprint density at radius 3 is 2.10 bits per heavy atom. The van der Waals surface area contributed by atoms with E-state index in [2.05, 4.69) is 71.1 Å². The monoisotopic (exact) mass is 277 g/mol. The molecule has 0 saturated heterocycles. The summed E-state index contributed by atoms with van der Waals surface area (Å²) in [6.45, 7) is 15.1. The summed E-state index contributed by atoms with van der Waals surface area (Å²) in [6.07, 6.45) is 2.29. The van der Waals surface area contributed by atoms with Crippen LogP contribution in [0.5, 0.6) is 5.75 Å². The molecule has 1 rings (SSSR count). The Hall–Kier alpha value is -1.02. The van der Waals surface area contributed by atoms with Crippen molar-refractivity contribution in [2.45, 2.75) is 65.4 Å². The van der Waals surface area contributed by atoms with Crippen LogP contribution >= 0.6 is 0 Å². The SMILES string of the molecule is CCCNCC(C)(C)Oc1ccc(C(C)(C)CC)cc1. The van der Waals surface area contributed by atoms with E-state index in [0.29, 0.717) is 0 Å². The molecular weight excluding hydrogens is 246 g/mol. The molecule has 0 bridgehead atoms. The van der Waals surface area contributed by atoms with E-state index in [0.717, 1.165) is 31.7 Å². The molecule has 2 nitrogen and oxygen atoms in total. The minimum absolute atomic E-state index is 0.184. The van der Waals surface area contributed by atoms with Crippen LogP contribution in [-0.2, 0) is 5.41 Å². The van der Waals surface area contributed by atoms with Gasteiger partial charge < -0.3 is 10.1 Å². The lowest BCUT2D eigenvalue weighted by Gasteiger charge is -2.28. The zero-order valence-corrected chi connectivity index (χ0v) is 14.0. The summed E-state index contributed by atoms with van der Waals surface area (Å²) < 4.78 is 6.09. The number of hydrogen-bond donors (Lipinski definition) is 1. The average molecular weight is 277 g/mol. The molecule has 1 N–H and O–H groups in total. The van der Waals surface area contributed by atoms with Gasteiger partial charge in [0.25, 0.3) is 0 Å². The normalized spacial score (nSPS) is 12.5. The van der Waals surface area contributed by atoms with E-state index in [4.69, 9.17) is 4.74 Å². The lowest BCUT2D eigenvalue weighted by Crippen LogP contribution is -2.40. The zero-order valence-electron chi connectivity index (χ0n) is 14.0. The first-order valence-electron chi connectivity index (χ1n) is 7.81. The number of nitrogens with one attached hydrogen (secondary N) is 1. The first kappa shape index (κ1) is 17.0. The second-order valence-electron chi connectivity index (χ2n) is 6.80. The highest BCUT2D eigenvalue weighted by atomic mass is 16.5. The zero-order chi connectivity index (χ0) is 15.2. The highest BCUT2D eigenvalue weighted by molar-refractivity contribution is 5.31. The second-order valence-corrected chi connectivity index (χ2v) is 6.80. The molecule has 0 aliphatic carbocycles. The van der Waals surface area contributed by atoms with E-state index >= 15 is 0 Å². The molecule has 0 amide bonds. The van der Waals surface area contributed by atoms with Crippen LogP contribution in [0.1, 0.15) is 59.9 Å². The predicted molar refractivity (Wildman–Crippen MR) is 87.6 cm³/mol. The van der Waals surface area contributed by atoms with Crippen LogP contribution in [0.3, 0.4) is 0 Å². The maximum atomic E-state index is 6.09. The van der Waals surface area contributed by atoms with Gasteiger partial charge in [-0.15, -0.1) is 0 Å². The third-order valence-electron chi connectivity index (χ3n) is 3.89. The third kappa shape index (κ3) is 5.16. The van der Waals surface area contributed by atoms with E-state index in [1.807, 2.05) is 0 Å². The van der Waals surface area contributed by atoms with Crippen molar-refractivity contribution in [2.75, 3.05) is 13.1 Å². The summed E-state index contributed by atoms with van der Waals surface area (Å²) in [6, 6.07) is 8.56. The highest BCUT2D eigenvalue weighted by Crippen LogP contribution is 2.28. The van der Waals surface area contributed by atoms with Crippen LogP contribution in [0.25, 0.3) is 0 Å². The Morgan fingerprint density at radius 1 is 1.00 bits per heavy atom. The molecule has 0 aliphatic heterocycles. The first-order chi connectivity index (χ1) is 9.30. The lowest BCUT2D eigenvalue weighted by molar-refractivity contribution is 0.108. The molecule has 1 aromatic carbocycles. The van der Waals surface area contributed by atoms with Gasteiger partial charge in [-0.2, -0.15) is 0 Å². The number of ether oxygens (including phenoxy) is 1. The van der Waals surface area contributed by atoms with Gasteiger partial charge in [0.1, 0.15) is 11.4 Å². The van der Waals surface area contributed by atoms with Crippen molar-refractivity contribution >= 4 is 0 Å².